The van der Waals surface area contributed by atoms with Gasteiger partial charge in [0, 0.05) is 17.0 Å². The zero-order chi connectivity index (χ0) is 23.1. The van der Waals surface area contributed by atoms with Crippen LogP contribution in [0.1, 0.15) is 81.7 Å². The molecule has 0 saturated carbocycles. The second-order valence-electron chi connectivity index (χ2n) is 11.5. The monoisotopic (exact) mass is 422 g/mol. The summed E-state index contributed by atoms with van der Waals surface area (Å²) in [5.74, 6) is -1.40. The molecule has 0 aliphatic carbocycles. The molecule has 3 rings (SSSR count). The third kappa shape index (κ3) is 3.64. The predicted molar refractivity (Wildman–Crippen MR) is 116 cm³/mol. The molecule has 0 amide bonds. The molecule has 4 nitrogen and oxygen atoms in total. The normalized spacial score (nSPS) is 24.6. The third-order valence-corrected chi connectivity index (χ3v) is 7.03. The van der Waals surface area contributed by atoms with Gasteiger partial charge in [-0.2, -0.15) is 0 Å². The first-order chi connectivity index (χ1) is 13.3. The van der Waals surface area contributed by atoms with Crippen molar-refractivity contribution in [2.45, 2.75) is 104 Å². The van der Waals surface area contributed by atoms with Gasteiger partial charge in [-0.3, -0.25) is 0 Å². The van der Waals surface area contributed by atoms with E-state index < -0.39 is 53.7 Å². The maximum Gasteiger partial charge on any atom is 0.498 e. The topological polar surface area (TPSA) is 36.9 Å². The molecule has 2 aliphatic rings. The summed E-state index contributed by atoms with van der Waals surface area (Å²) in [6, 6.07) is 0.885. The van der Waals surface area contributed by atoms with Crippen molar-refractivity contribution in [2.24, 2.45) is 0 Å². The Morgan fingerprint density at radius 3 is 1.13 bits per heavy atom. The molecule has 1 aromatic rings. The number of hydrogen-bond donors (Lipinski definition) is 0. The van der Waals surface area contributed by atoms with Crippen LogP contribution >= 0.6 is 0 Å². The molecule has 0 N–H and O–H groups in total. The van der Waals surface area contributed by atoms with Crippen LogP contribution in [0.15, 0.2) is 6.07 Å². The Labute approximate surface area is 180 Å². The Morgan fingerprint density at radius 2 is 0.900 bits per heavy atom. The van der Waals surface area contributed by atoms with Gasteiger partial charge in [-0.1, -0.05) is 20.8 Å². The average molecular weight is 422 g/mol. The van der Waals surface area contributed by atoms with Crippen LogP contribution in [-0.2, 0) is 24.0 Å². The molecule has 0 spiro atoms. The fourth-order valence-electron chi connectivity index (χ4n) is 3.84. The molecule has 0 unspecified atom stereocenters. The molecule has 0 radical (unpaired) electrons. The van der Waals surface area contributed by atoms with Gasteiger partial charge in [-0.05, 0) is 66.4 Å². The molecular weight excluding hydrogens is 388 g/mol. The maximum absolute atomic E-state index is 15.3. The van der Waals surface area contributed by atoms with E-state index in [1.807, 2.05) is 76.2 Å². The Hall–Kier alpha value is -0.950. The van der Waals surface area contributed by atoms with Crippen molar-refractivity contribution < 1.29 is 27.4 Å². The minimum atomic E-state index is -0.967. The molecule has 2 heterocycles. The summed E-state index contributed by atoms with van der Waals surface area (Å²) < 4.78 is 55.1. The second kappa shape index (κ2) is 6.77. The fourth-order valence-corrected chi connectivity index (χ4v) is 3.84. The lowest BCUT2D eigenvalue weighted by Gasteiger charge is -2.32. The minimum Gasteiger partial charge on any atom is -0.399 e. The molecule has 30 heavy (non-hydrogen) atoms. The van der Waals surface area contributed by atoms with Gasteiger partial charge in [0.2, 0.25) is 0 Å². The van der Waals surface area contributed by atoms with Crippen molar-refractivity contribution in [1.29, 1.82) is 0 Å². The standard InChI is InChI=1S/C22H34B2F2O4/c1-18(2,3)15-16(23-27-19(4,5)20(6,7)28-23)13(25)12-14(26)17(15)24-29-21(8,9)22(10,11)30-24/h12H,1-11H3. The average Bonchev–Trinajstić information content (AvgIpc) is 2.84. The van der Waals surface area contributed by atoms with Crippen molar-refractivity contribution in [3.05, 3.63) is 23.3 Å². The van der Waals surface area contributed by atoms with Crippen LogP contribution in [0.25, 0.3) is 0 Å². The van der Waals surface area contributed by atoms with Crippen LogP contribution in [0.4, 0.5) is 8.78 Å². The summed E-state index contributed by atoms with van der Waals surface area (Å²) in [6.45, 7) is 20.9. The highest BCUT2D eigenvalue weighted by Gasteiger charge is 2.57. The number of halogens is 2. The zero-order valence-electron chi connectivity index (χ0n) is 20.1. The molecule has 0 atom stereocenters. The molecule has 8 heteroatoms. The van der Waals surface area contributed by atoms with Gasteiger partial charge in [-0.25, -0.2) is 8.78 Å². The first-order valence-electron chi connectivity index (χ1n) is 10.5. The van der Waals surface area contributed by atoms with Gasteiger partial charge in [0.1, 0.15) is 11.6 Å². The maximum atomic E-state index is 15.3. The van der Waals surface area contributed by atoms with E-state index in [0.717, 1.165) is 6.07 Å². The molecule has 0 bridgehead atoms. The van der Waals surface area contributed by atoms with Crippen LogP contribution in [0.2, 0.25) is 0 Å². The molecule has 2 aliphatic heterocycles. The zero-order valence-corrected chi connectivity index (χ0v) is 20.1. The highest BCUT2D eigenvalue weighted by molar-refractivity contribution is 6.67. The molecular formula is C22H34B2F2O4. The van der Waals surface area contributed by atoms with E-state index in [-0.39, 0.29) is 10.9 Å². The van der Waals surface area contributed by atoms with E-state index in [2.05, 4.69) is 0 Å². The SMILES string of the molecule is CC(C)(C)c1c(B2OC(C)(C)C(C)(C)O2)c(F)cc(F)c1B1OC(C)(C)C(C)(C)O1. The van der Waals surface area contributed by atoms with Gasteiger partial charge in [-0.15, -0.1) is 0 Å². The Balaban J connectivity index is 2.23. The lowest BCUT2D eigenvalue weighted by molar-refractivity contribution is 0.00578. The van der Waals surface area contributed by atoms with Gasteiger partial charge in [0.25, 0.3) is 0 Å². The molecule has 1 aromatic carbocycles. The van der Waals surface area contributed by atoms with Crippen LogP contribution in [0.5, 0.6) is 0 Å². The van der Waals surface area contributed by atoms with E-state index in [9.17, 15) is 0 Å². The Morgan fingerprint density at radius 1 is 0.633 bits per heavy atom. The van der Waals surface area contributed by atoms with Gasteiger partial charge < -0.3 is 18.6 Å². The highest BCUT2D eigenvalue weighted by Crippen LogP contribution is 2.40. The third-order valence-electron chi connectivity index (χ3n) is 7.03. The largest absolute Gasteiger partial charge is 0.498 e. The van der Waals surface area contributed by atoms with Crippen molar-refractivity contribution in [2.75, 3.05) is 0 Å². The van der Waals surface area contributed by atoms with E-state index in [1.165, 1.54) is 0 Å². The van der Waals surface area contributed by atoms with Gasteiger partial charge in [0.15, 0.2) is 0 Å². The molecule has 166 valence electrons. The number of benzene rings is 1. The number of rotatable bonds is 2. The smallest absolute Gasteiger partial charge is 0.399 e. The van der Waals surface area contributed by atoms with Crippen molar-refractivity contribution in [3.8, 4) is 0 Å². The fraction of sp³-hybridized carbons (Fsp3) is 0.727. The predicted octanol–water partition coefficient (Wildman–Crippen LogP) is 3.86. The number of hydrogen-bond acceptors (Lipinski definition) is 4. The van der Waals surface area contributed by atoms with Crippen molar-refractivity contribution in [3.63, 3.8) is 0 Å². The van der Waals surface area contributed by atoms with E-state index in [1.54, 1.807) is 0 Å². The summed E-state index contributed by atoms with van der Waals surface area (Å²) in [7, 11) is -1.93. The summed E-state index contributed by atoms with van der Waals surface area (Å²) in [5.41, 5.74) is -2.38. The van der Waals surface area contributed by atoms with Crippen LogP contribution in [0, 0.1) is 11.6 Å². The van der Waals surface area contributed by atoms with Crippen molar-refractivity contribution >= 4 is 25.2 Å². The summed E-state index contributed by atoms with van der Waals surface area (Å²) in [5, 5.41) is 0. The van der Waals surface area contributed by atoms with Crippen LogP contribution in [-0.4, -0.2) is 36.6 Å². The highest BCUT2D eigenvalue weighted by atomic mass is 19.1. The van der Waals surface area contributed by atoms with Crippen molar-refractivity contribution in [1.82, 2.24) is 0 Å². The molecule has 0 aromatic heterocycles. The minimum absolute atomic E-state index is 0.201. The first-order valence-corrected chi connectivity index (χ1v) is 10.5. The second-order valence-corrected chi connectivity index (χ2v) is 11.5. The summed E-state index contributed by atoms with van der Waals surface area (Å²) in [6.07, 6.45) is 0. The lowest BCUT2D eigenvalue weighted by atomic mass is 9.61. The summed E-state index contributed by atoms with van der Waals surface area (Å²) in [4.78, 5) is 0. The van der Waals surface area contributed by atoms with Crippen LogP contribution < -0.4 is 10.9 Å². The van der Waals surface area contributed by atoms with Crippen LogP contribution in [0.3, 0.4) is 0 Å². The van der Waals surface area contributed by atoms with E-state index in [0.29, 0.717) is 5.56 Å². The molecule has 2 saturated heterocycles. The first kappa shape index (κ1) is 23.7. The van der Waals surface area contributed by atoms with Gasteiger partial charge >= 0.3 is 14.2 Å². The van der Waals surface area contributed by atoms with E-state index >= 15 is 8.78 Å². The van der Waals surface area contributed by atoms with Gasteiger partial charge in [0.05, 0.1) is 22.4 Å². The summed E-state index contributed by atoms with van der Waals surface area (Å²) >= 11 is 0. The molecule has 2 fully saturated rings. The quantitative estimate of drug-likeness (QED) is 0.679. The Kier molecular flexibility index (Phi) is 5.35. The van der Waals surface area contributed by atoms with E-state index in [4.69, 9.17) is 18.6 Å². The Bertz CT molecular complexity index is 767. The lowest BCUT2D eigenvalue weighted by Crippen LogP contribution is -2.51.